The Balaban J connectivity index is 2.66. The van der Waals surface area contributed by atoms with E-state index >= 15 is 0 Å². The molecule has 1 aromatic carbocycles. The van der Waals surface area contributed by atoms with Crippen molar-refractivity contribution in [1.82, 2.24) is 5.32 Å². The van der Waals surface area contributed by atoms with Crippen LogP contribution in [0.15, 0.2) is 18.2 Å². The van der Waals surface area contributed by atoms with Crippen molar-refractivity contribution >= 4 is 12.2 Å². The molecule has 16 heavy (non-hydrogen) atoms. The Kier molecular flexibility index (Phi) is 4.10. The van der Waals surface area contributed by atoms with Gasteiger partial charge in [0, 0.05) is 6.07 Å². The van der Waals surface area contributed by atoms with E-state index in [4.69, 9.17) is 0 Å². The maximum absolute atomic E-state index is 12.8. The fraction of sp³-hybridized carbons (Fsp3) is 0.273. The fourth-order valence-electron chi connectivity index (χ4n) is 1.24. The van der Waals surface area contributed by atoms with Crippen molar-refractivity contribution in [3.8, 4) is 0 Å². The van der Waals surface area contributed by atoms with Gasteiger partial charge in [-0.3, -0.25) is 4.79 Å². The summed E-state index contributed by atoms with van der Waals surface area (Å²) in [6, 6.07) is 2.28. The Hall–Kier alpha value is -1.78. The largest absolute Gasteiger partial charge is 0.347 e. The smallest absolute Gasteiger partial charge is 0.224 e. The normalized spacial score (nSPS) is 11.9. The molecule has 1 amide bonds. The van der Waals surface area contributed by atoms with E-state index in [9.17, 15) is 18.4 Å². The predicted molar refractivity (Wildman–Crippen MR) is 53.7 cm³/mol. The molecule has 1 atom stereocenters. The number of rotatable bonds is 4. The molecule has 1 N–H and O–H groups in total. The van der Waals surface area contributed by atoms with Crippen LogP contribution < -0.4 is 5.32 Å². The van der Waals surface area contributed by atoms with Gasteiger partial charge in [-0.15, -0.1) is 0 Å². The third-order valence-electron chi connectivity index (χ3n) is 1.88. The third kappa shape index (κ3) is 3.76. The van der Waals surface area contributed by atoms with Crippen molar-refractivity contribution in [2.75, 3.05) is 0 Å². The Labute approximate surface area is 91.5 Å². The Morgan fingerprint density at radius 2 is 1.94 bits per heavy atom. The molecule has 86 valence electrons. The zero-order chi connectivity index (χ0) is 12.1. The van der Waals surface area contributed by atoms with E-state index in [1.807, 2.05) is 0 Å². The van der Waals surface area contributed by atoms with Crippen LogP contribution in [0.3, 0.4) is 0 Å². The molecule has 0 heterocycles. The average molecular weight is 227 g/mol. The van der Waals surface area contributed by atoms with Crippen LogP contribution in [0, 0.1) is 11.6 Å². The Bertz CT molecular complexity index is 387. The van der Waals surface area contributed by atoms with Gasteiger partial charge >= 0.3 is 0 Å². The number of carbonyl (C=O) groups excluding carboxylic acids is 2. The van der Waals surface area contributed by atoms with E-state index in [-0.39, 0.29) is 12.0 Å². The maximum Gasteiger partial charge on any atom is 0.224 e. The third-order valence-corrected chi connectivity index (χ3v) is 1.88. The van der Waals surface area contributed by atoms with Gasteiger partial charge < -0.3 is 10.1 Å². The minimum Gasteiger partial charge on any atom is -0.347 e. The number of amides is 1. The fourth-order valence-corrected chi connectivity index (χ4v) is 1.24. The van der Waals surface area contributed by atoms with E-state index in [1.54, 1.807) is 0 Å². The highest BCUT2D eigenvalue weighted by Gasteiger charge is 2.08. The van der Waals surface area contributed by atoms with E-state index in [2.05, 4.69) is 5.32 Å². The van der Waals surface area contributed by atoms with Crippen molar-refractivity contribution in [2.24, 2.45) is 0 Å². The lowest BCUT2D eigenvalue weighted by Crippen LogP contribution is -2.34. The highest BCUT2D eigenvalue weighted by molar-refractivity contribution is 5.81. The molecule has 0 aromatic heterocycles. The number of nitrogens with one attached hydrogen (secondary N) is 1. The number of hydrogen-bond donors (Lipinski definition) is 1. The summed E-state index contributed by atoms with van der Waals surface area (Å²) in [4.78, 5) is 21.6. The highest BCUT2D eigenvalue weighted by atomic mass is 19.1. The van der Waals surface area contributed by atoms with Gasteiger partial charge in [0.25, 0.3) is 0 Å². The van der Waals surface area contributed by atoms with Gasteiger partial charge in [-0.1, -0.05) is 0 Å². The van der Waals surface area contributed by atoms with Gasteiger partial charge in [0.1, 0.15) is 17.9 Å². The van der Waals surface area contributed by atoms with Crippen molar-refractivity contribution in [1.29, 1.82) is 0 Å². The molecule has 0 aliphatic heterocycles. The minimum atomic E-state index is -0.730. The summed E-state index contributed by atoms with van der Waals surface area (Å²) in [6.07, 6.45) is 0.414. The van der Waals surface area contributed by atoms with Gasteiger partial charge in [-0.25, -0.2) is 8.78 Å². The van der Waals surface area contributed by atoms with Crippen molar-refractivity contribution in [2.45, 2.75) is 19.4 Å². The summed E-state index contributed by atoms with van der Waals surface area (Å²) < 4.78 is 25.6. The van der Waals surface area contributed by atoms with Gasteiger partial charge in [0.15, 0.2) is 0 Å². The van der Waals surface area contributed by atoms with Crippen LogP contribution in [0.2, 0.25) is 0 Å². The lowest BCUT2D eigenvalue weighted by atomic mass is 10.1. The lowest BCUT2D eigenvalue weighted by Gasteiger charge is -2.07. The van der Waals surface area contributed by atoms with Crippen molar-refractivity contribution in [3.05, 3.63) is 35.4 Å². The zero-order valence-corrected chi connectivity index (χ0v) is 8.67. The summed E-state index contributed by atoms with van der Waals surface area (Å²) >= 11 is 0. The topological polar surface area (TPSA) is 46.2 Å². The monoisotopic (exact) mass is 227 g/mol. The van der Waals surface area contributed by atoms with Gasteiger partial charge in [-0.2, -0.15) is 0 Å². The summed E-state index contributed by atoms with van der Waals surface area (Å²) in [6.45, 7) is 1.51. The van der Waals surface area contributed by atoms with Crippen molar-refractivity contribution in [3.63, 3.8) is 0 Å². The molecule has 0 radical (unpaired) electrons. The summed E-state index contributed by atoms with van der Waals surface area (Å²) in [7, 11) is 0. The molecule has 1 rings (SSSR count). The molecule has 0 saturated heterocycles. The molecule has 0 aliphatic carbocycles. The molecule has 5 heteroatoms. The van der Waals surface area contributed by atoms with Crippen LogP contribution >= 0.6 is 0 Å². The molecule has 0 spiro atoms. The second kappa shape index (κ2) is 5.34. The first-order chi connectivity index (χ1) is 7.51. The number of halogens is 2. The quantitative estimate of drug-likeness (QED) is 0.786. The number of aldehydes is 1. The first kappa shape index (κ1) is 12.3. The first-order valence-corrected chi connectivity index (χ1v) is 4.71. The second-order valence-corrected chi connectivity index (χ2v) is 3.45. The minimum absolute atomic E-state index is 0.160. The molecule has 0 unspecified atom stereocenters. The number of benzene rings is 1. The molecular weight excluding hydrogens is 216 g/mol. The predicted octanol–water partition coefficient (Wildman–Crippen LogP) is 1.21. The average Bonchev–Trinajstić information content (AvgIpc) is 2.15. The van der Waals surface area contributed by atoms with Gasteiger partial charge in [0.05, 0.1) is 12.5 Å². The van der Waals surface area contributed by atoms with Crippen LogP contribution in [-0.2, 0) is 16.0 Å². The van der Waals surface area contributed by atoms with Gasteiger partial charge in [0.2, 0.25) is 5.91 Å². The Morgan fingerprint density at radius 1 is 1.38 bits per heavy atom. The van der Waals surface area contributed by atoms with Crippen LogP contribution in [-0.4, -0.2) is 18.2 Å². The van der Waals surface area contributed by atoms with Gasteiger partial charge in [-0.05, 0) is 24.6 Å². The SMILES string of the molecule is C[C@@H](C=O)NC(=O)Cc1cc(F)cc(F)c1. The van der Waals surface area contributed by atoms with E-state index in [0.717, 1.165) is 18.2 Å². The molecule has 0 saturated carbocycles. The molecule has 0 fully saturated rings. The molecule has 1 aromatic rings. The van der Waals surface area contributed by atoms with Crippen LogP contribution in [0.4, 0.5) is 8.78 Å². The number of hydrogen-bond acceptors (Lipinski definition) is 2. The first-order valence-electron chi connectivity index (χ1n) is 4.71. The molecular formula is C11H11F2NO2. The molecule has 0 aliphatic rings. The van der Waals surface area contributed by atoms with Crippen LogP contribution in [0.5, 0.6) is 0 Å². The second-order valence-electron chi connectivity index (χ2n) is 3.45. The van der Waals surface area contributed by atoms with E-state index in [1.165, 1.54) is 6.92 Å². The highest BCUT2D eigenvalue weighted by Crippen LogP contribution is 2.08. The van der Waals surface area contributed by atoms with Crippen molar-refractivity contribution < 1.29 is 18.4 Å². The summed E-state index contributed by atoms with van der Waals surface area (Å²) in [5.41, 5.74) is 0.230. The zero-order valence-electron chi connectivity index (χ0n) is 8.67. The number of carbonyl (C=O) groups is 2. The standard InChI is InChI=1S/C11H11F2NO2/c1-7(6-15)14-11(16)4-8-2-9(12)5-10(13)3-8/h2-3,5-7H,4H2,1H3,(H,14,16)/t7-/m0/s1. The lowest BCUT2D eigenvalue weighted by molar-refractivity contribution is -0.123. The summed E-state index contributed by atoms with van der Waals surface area (Å²) in [5, 5.41) is 2.37. The van der Waals surface area contributed by atoms with Crippen LogP contribution in [0.1, 0.15) is 12.5 Å². The molecule has 0 bridgehead atoms. The molecule has 3 nitrogen and oxygen atoms in total. The van der Waals surface area contributed by atoms with E-state index < -0.39 is 23.6 Å². The van der Waals surface area contributed by atoms with E-state index in [0.29, 0.717) is 6.29 Å². The Morgan fingerprint density at radius 3 is 2.44 bits per heavy atom. The summed E-state index contributed by atoms with van der Waals surface area (Å²) in [5.74, 6) is -1.91. The maximum atomic E-state index is 12.8. The van der Waals surface area contributed by atoms with Crippen LogP contribution in [0.25, 0.3) is 0 Å².